The van der Waals surface area contributed by atoms with Crippen molar-refractivity contribution in [2.24, 2.45) is 5.16 Å². The van der Waals surface area contributed by atoms with Gasteiger partial charge in [0.2, 0.25) is 0 Å². The second kappa shape index (κ2) is 7.79. The molecule has 5 rings (SSSR count). The monoisotopic (exact) mass is 407 g/mol. The maximum atomic E-state index is 5.42. The lowest BCUT2D eigenvalue weighted by molar-refractivity contribution is 0.126. The van der Waals surface area contributed by atoms with Gasteiger partial charge in [0, 0.05) is 4.88 Å². The van der Waals surface area contributed by atoms with Gasteiger partial charge >= 0.3 is 0 Å². The number of nitrogens with zero attached hydrogens (tertiary/aromatic N) is 5. The van der Waals surface area contributed by atoms with Gasteiger partial charge in [-0.2, -0.15) is 0 Å². The number of aryl methyl sites for hydroxylation is 2. The normalized spacial score (nSPS) is 14.4. The van der Waals surface area contributed by atoms with Gasteiger partial charge < -0.3 is 9.57 Å². The Kier molecular flexibility index (Phi) is 4.85. The molecule has 7 nitrogen and oxygen atoms in total. The molecule has 0 spiro atoms. The van der Waals surface area contributed by atoms with E-state index in [2.05, 4.69) is 15.2 Å². The lowest BCUT2D eigenvalue weighted by Gasteiger charge is -1.99. The lowest BCUT2D eigenvalue weighted by atomic mass is 10.1. The van der Waals surface area contributed by atoms with Gasteiger partial charge in [-0.3, -0.25) is 0 Å². The fourth-order valence-electron chi connectivity index (χ4n) is 3.72. The summed E-state index contributed by atoms with van der Waals surface area (Å²) in [4.78, 5) is 17.3. The molecule has 3 heterocycles. The number of rotatable bonds is 5. The molecule has 148 valence electrons. The zero-order valence-corrected chi connectivity index (χ0v) is 17.0. The molecule has 0 aliphatic heterocycles. The minimum absolute atomic E-state index is 0.210. The summed E-state index contributed by atoms with van der Waals surface area (Å²) in [6.45, 7) is 0.210. The standard InChI is InChI=1S/C21H21N5O2S/c1-27-15-9-7-14(8-10-15)11-23-28-12-18-24-20-19-16-5-3-2-4-6-17(16)29-21(19)22-13-26(20)25-18/h7-11,13H,2-6,12H2,1H3. The Morgan fingerprint density at radius 2 is 2.03 bits per heavy atom. The number of fused-ring (bicyclic) bond motifs is 5. The number of oxime groups is 1. The van der Waals surface area contributed by atoms with Gasteiger partial charge in [0.15, 0.2) is 18.1 Å². The average molecular weight is 407 g/mol. The Morgan fingerprint density at radius 3 is 2.90 bits per heavy atom. The molecular formula is C21H21N5O2S. The van der Waals surface area contributed by atoms with Crippen LogP contribution in [0.3, 0.4) is 0 Å². The van der Waals surface area contributed by atoms with E-state index in [-0.39, 0.29) is 6.61 Å². The van der Waals surface area contributed by atoms with Crippen LogP contribution in [0.1, 0.15) is 41.1 Å². The first kappa shape index (κ1) is 18.1. The molecule has 0 saturated carbocycles. The van der Waals surface area contributed by atoms with E-state index in [9.17, 15) is 0 Å². The minimum atomic E-state index is 0.210. The molecule has 8 heteroatoms. The number of thiophene rings is 1. The molecule has 1 aromatic carbocycles. The van der Waals surface area contributed by atoms with E-state index in [1.165, 1.54) is 29.7 Å². The summed E-state index contributed by atoms with van der Waals surface area (Å²) < 4.78 is 6.90. The van der Waals surface area contributed by atoms with Crippen molar-refractivity contribution < 1.29 is 9.57 Å². The van der Waals surface area contributed by atoms with Crippen LogP contribution in [0.15, 0.2) is 35.7 Å². The van der Waals surface area contributed by atoms with Gasteiger partial charge in [-0.25, -0.2) is 14.5 Å². The van der Waals surface area contributed by atoms with Crippen LogP contribution >= 0.6 is 11.3 Å². The molecule has 0 atom stereocenters. The number of benzene rings is 1. The van der Waals surface area contributed by atoms with Crippen LogP contribution in [0, 0.1) is 0 Å². The van der Waals surface area contributed by atoms with Gasteiger partial charge in [-0.1, -0.05) is 11.6 Å². The first-order valence-electron chi connectivity index (χ1n) is 9.76. The molecule has 0 bridgehead atoms. The molecule has 29 heavy (non-hydrogen) atoms. The summed E-state index contributed by atoms with van der Waals surface area (Å²) >= 11 is 1.80. The number of hydrogen-bond donors (Lipinski definition) is 0. The van der Waals surface area contributed by atoms with Crippen LogP contribution < -0.4 is 4.74 Å². The maximum absolute atomic E-state index is 5.42. The van der Waals surface area contributed by atoms with Crippen molar-refractivity contribution in [2.75, 3.05) is 7.11 Å². The maximum Gasteiger partial charge on any atom is 0.192 e. The van der Waals surface area contributed by atoms with Crippen molar-refractivity contribution in [2.45, 2.75) is 38.7 Å². The Morgan fingerprint density at radius 1 is 1.17 bits per heavy atom. The summed E-state index contributed by atoms with van der Waals surface area (Å²) in [5, 5.41) is 9.71. The fourth-order valence-corrected chi connectivity index (χ4v) is 4.94. The van der Waals surface area contributed by atoms with Gasteiger partial charge in [-0.05, 0) is 61.1 Å². The van der Waals surface area contributed by atoms with E-state index in [4.69, 9.17) is 14.6 Å². The average Bonchev–Trinajstić information content (AvgIpc) is 3.24. The summed E-state index contributed by atoms with van der Waals surface area (Å²) in [6.07, 6.45) is 9.42. The topological polar surface area (TPSA) is 73.9 Å². The first-order valence-corrected chi connectivity index (χ1v) is 10.6. The molecule has 4 aromatic rings. The van der Waals surface area contributed by atoms with E-state index in [1.54, 1.807) is 35.5 Å². The smallest absolute Gasteiger partial charge is 0.192 e. The van der Waals surface area contributed by atoms with Crippen LogP contribution in [0.5, 0.6) is 5.75 Å². The van der Waals surface area contributed by atoms with E-state index < -0.39 is 0 Å². The number of methoxy groups -OCH3 is 1. The Bertz CT molecular complexity index is 1180. The van der Waals surface area contributed by atoms with Crippen molar-refractivity contribution in [1.29, 1.82) is 0 Å². The van der Waals surface area contributed by atoms with E-state index in [1.807, 2.05) is 24.3 Å². The minimum Gasteiger partial charge on any atom is -0.497 e. The summed E-state index contributed by atoms with van der Waals surface area (Å²) in [5.74, 6) is 1.41. The van der Waals surface area contributed by atoms with Crippen molar-refractivity contribution in [3.05, 3.63) is 52.4 Å². The largest absolute Gasteiger partial charge is 0.497 e. The Labute approximate surface area is 172 Å². The highest BCUT2D eigenvalue weighted by atomic mass is 32.1. The third-order valence-electron chi connectivity index (χ3n) is 5.17. The Hall–Kier alpha value is -3.00. The second-order valence-corrected chi connectivity index (χ2v) is 8.15. The molecular weight excluding hydrogens is 386 g/mol. The highest BCUT2D eigenvalue weighted by Gasteiger charge is 2.19. The van der Waals surface area contributed by atoms with Gasteiger partial charge in [0.1, 0.15) is 16.9 Å². The van der Waals surface area contributed by atoms with Gasteiger partial charge in [0.05, 0.1) is 18.7 Å². The molecule has 0 fully saturated rings. The zero-order chi connectivity index (χ0) is 19.6. The van der Waals surface area contributed by atoms with E-state index in [0.29, 0.717) is 5.82 Å². The third kappa shape index (κ3) is 3.55. The van der Waals surface area contributed by atoms with Crippen LogP contribution in [0.2, 0.25) is 0 Å². The van der Waals surface area contributed by atoms with E-state index in [0.717, 1.165) is 40.0 Å². The molecule has 0 radical (unpaired) electrons. The number of hydrogen-bond acceptors (Lipinski definition) is 7. The van der Waals surface area contributed by atoms with Crippen molar-refractivity contribution in [1.82, 2.24) is 19.6 Å². The van der Waals surface area contributed by atoms with Crippen LogP contribution in [0.25, 0.3) is 15.9 Å². The molecule has 0 amide bonds. The summed E-state index contributed by atoms with van der Waals surface area (Å²) in [7, 11) is 1.64. The highest BCUT2D eigenvalue weighted by Crippen LogP contribution is 2.36. The molecule has 0 saturated heterocycles. The molecule has 0 N–H and O–H groups in total. The van der Waals surface area contributed by atoms with Crippen LogP contribution in [-0.4, -0.2) is 32.9 Å². The van der Waals surface area contributed by atoms with E-state index >= 15 is 0 Å². The molecule has 3 aromatic heterocycles. The molecule has 1 aliphatic rings. The van der Waals surface area contributed by atoms with Crippen molar-refractivity contribution in [3.63, 3.8) is 0 Å². The summed E-state index contributed by atoms with van der Waals surface area (Å²) in [5.41, 5.74) is 3.21. The van der Waals surface area contributed by atoms with Gasteiger partial charge in [-0.15, -0.1) is 16.4 Å². The predicted molar refractivity (Wildman–Crippen MR) is 113 cm³/mol. The Balaban J connectivity index is 1.36. The number of ether oxygens (including phenoxy) is 1. The molecule has 1 aliphatic carbocycles. The first-order chi connectivity index (χ1) is 14.3. The quantitative estimate of drug-likeness (QED) is 0.282. The number of aromatic nitrogens is 4. The SMILES string of the molecule is COc1ccc(C=NOCc2nc3c4c5c(sc4ncn3n2)CCCCC5)cc1. The van der Waals surface area contributed by atoms with Crippen molar-refractivity contribution in [3.8, 4) is 5.75 Å². The van der Waals surface area contributed by atoms with Crippen LogP contribution in [0.4, 0.5) is 0 Å². The second-order valence-electron chi connectivity index (χ2n) is 7.07. The fraction of sp³-hybridized carbons (Fsp3) is 0.333. The van der Waals surface area contributed by atoms with Crippen LogP contribution in [-0.2, 0) is 24.3 Å². The lowest BCUT2D eigenvalue weighted by Crippen LogP contribution is -1.93. The summed E-state index contributed by atoms with van der Waals surface area (Å²) in [6, 6.07) is 7.60. The zero-order valence-electron chi connectivity index (χ0n) is 16.2. The highest BCUT2D eigenvalue weighted by molar-refractivity contribution is 7.19. The van der Waals surface area contributed by atoms with Gasteiger partial charge in [0.25, 0.3) is 0 Å². The molecule has 0 unspecified atom stereocenters. The predicted octanol–water partition coefficient (Wildman–Crippen LogP) is 4.17. The van der Waals surface area contributed by atoms with Crippen molar-refractivity contribution >= 4 is 33.4 Å². The third-order valence-corrected chi connectivity index (χ3v) is 6.37.